The second-order valence-electron chi connectivity index (χ2n) is 4.17. The summed E-state index contributed by atoms with van der Waals surface area (Å²) in [5, 5.41) is 19.1. The van der Waals surface area contributed by atoms with Gasteiger partial charge in [0.05, 0.1) is 0 Å². The Morgan fingerprint density at radius 2 is 1.84 bits per heavy atom. The Labute approximate surface area is 110 Å². The van der Waals surface area contributed by atoms with Gasteiger partial charge in [-0.25, -0.2) is 0 Å². The van der Waals surface area contributed by atoms with Crippen LogP contribution in [-0.4, -0.2) is 16.0 Å². The van der Waals surface area contributed by atoms with Crippen LogP contribution in [0.3, 0.4) is 0 Å². The third-order valence-corrected chi connectivity index (χ3v) is 2.66. The average molecular weight is 258 g/mol. The van der Waals surface area contributed by atoms with Gasteiger partial charge >= 0.3 is 0 Å². The highest BCUT2D eigenvalue weighted by atomic mass is 16.5. The van der Waals surface area contributed by atoms with Crippen molar-refractivity contribution in [3.05, 3.63) is 53.6 Å². The van der Waals surface area contributed by atoms with Gasteiger partial charge in [-0.2, -0.15) is 0 Å². The molecule has 2 aromatic carbocycles. The number of aromatic hydroxyl groups is 2. The fourth-order valence-corrected chi connectivity index (χ4v) is 1.79. The van der Waals surface area contributed by atoms with Crippen molar-refractivity contribution in [3.63, 3.8) is 0 Å². The van der Waals surface area contributed by atoms with E-state index in [1.165, 1.54) is 13.0 Å². The van der Waals surface area contributed by atoms with Crippen molar-refractivity contribution >= 4 is 5.78 Å². The molecule has 0 saturated heterocycles. The molecule has 2 aromatic rings. The topological polar surface area (TPSA) is 66.8 Å². The Morgan fingerprint density at radius 3 is 2.47 bits per heavy atom. The highest BCUT2D eigenvalue weighted by Gasteiger charge is 2.15. The lowest BCUT2D eigenvalue weighted by atomic mass is 10.1. The standard InChI is InChI=1S/C15H14O4/c1-10(16)15-13(18)7-12(17)8-14(15)19-9-11-5-3-2-4-6-11/h2-8,17-18H,9H2,1H3. The second-order valence-corrected chi connectivity index (χ2v) is 4.17. The lowest BCUT2D eigenvalue weighted by molar-refractivity contribution is 0.101. The predicted molar refractivity (Wildman–Crippen MR) is 70.6 cm³/mol. The molecule has 4 nitrogen and oxygen atoms in total. The third kappa shape index (κ3) is 3.04. The minimum atomic E-state index is -0.319. The van der Waals surface area contributed by atoms with Crippen molar-refractivity contribution in [2.45, 2.75) is 13.5 Å². The number of phenolic OH excluding ortho intramolecular Hbond substituents is 2. The first-order valence-corrected chi connectivity index (χ1v) is 5.81. The van der Waals surface area contributed by atoms with Gasteiger partial charge in [0.25, 0.3) is 0 Å². The Balaban J connectivity index is 2.27. The molecule has 0 radical (unpaired) electrons. The average Bonchev–Trinajstić information content (AvgIpc) is 2.36. The van der Waals surface area contributed by atoms with E-state index < -0.39 is 0 Å². The molecule has 0 aromatic heterocycles. The van der Waals surface area contributed by atoms with Crippen molar-refractivity contribution < 1.29 is 19.7 Å². The van der Waals surface area contributed by atoms with Crippen LogP contribution in [0.5, 0.6) is 17.2 Å². The van der Waals surface area contributed by atoms with Crippen LogP contribution >= 0.6 is 0 Å². The van der Waals surface area contributed by atoms with Gasteiger partial charge in [0.15, 0.2) is 5.78 Å². The monoisotopic (exact) mass is 258 g/mol. The maximum absolute atomic E-state index is 11.5. The van der Waals surface area contributed by atoms with Crippen molar-refractivity contribution in [1.29, 1.82) is 0 Å². The number of ketones is 1. The number of ether oxygens (including phenoxy) is 1. The lowest BCUT2D eigenvalue weighted by Gasteiger charge is -2.11. The zero-order valence-corrected chi connectivity index (χ0v) is 10.5. The molecular weight excluding hydrogens is 244 g/mol. The molecule has 0 heterocycles. The van der Waals surface area contributed by atoms with E-state index in [1.54, 1.807) is 0 Å². The Kier molecular flexibility index (Phi) is 3.71. The summed E-state index contributed by atoms with van der Waals surface area (Å²) >= 11 is 0. The largest absolute Gasteiger partial charge is 0.508 e. The predicted octanol–water partition coefficient (Wildman–Crippen LogP) is 2.88. The molecule has 0 aliphatic carbocycles. The normalized spacial score (nSPS) is 10.2. The van der Waals surface area contributed by atoms with Crippen molar-refractivity contribution in [2.24, 2.45) is 0 Å². The van der Waals surface area contributed by atoms with E-state index in [-0.39, 0.29) is 35.2 Å². The number of Topliss-reactive ketones (excluding diaryl/α,β-unsaturated/α-hetero) is 1. The molecule has 0 atom stereocenters. The maximum Gasteiger partial charge on any atom is 0.167 e. The Bertz CT molecular complexity index is 591. The summed E-state index contributed by atoms with van der Waals surface area (Å²) in [7, 11) is 0. The Hall–Kier alpha value is -2.49. The number of benzene rings is 2. The molecule has 0 bridgehead atoms. The van der Waals surface area contributed by atoms with Gasteiger partial charge in [-0.05, 0) is 12.5 Å². The first kappa shape index (κ1) is 13.0. The van der Waals surface area contributed by atoms with Crippen LogP contribution in [0.15, 0.2) is 42.5 Å². The summed E-state index contributed by atoms with van der Waals surface area (Å²) in [4.78, 5) is 11.5. The van der Waals surface area contributed by atoms with Gasteiger partial charge in [0.2, 0.25) is 0 Å². The zero-order chi connectivity index (χ0) is 13.8. The van der Waals surface area contributed by atoms with Crippen molar-refractivity contribution in [3.8, 4) is 17.2 Å². The zero-order valence-electron chi connectivity index (χ0n) is 10.5. The molecule has 19 heavy (non-hydrogen) atoms. The molecular formula is C15H14O4. The molecule has 2 rings (SSSR count). The summed E-state index contributed by atoms with van der Waals surface area (Å²) in [6.07, 6.45) is 0. The smallest absolute Gasteiger partial charge is 0.167 e. The SMILES string of the molecule is CC(=O)c1c(O)cc(O)cc1OCc1ccccc1. The van der Waals surface area contributed by atoms with E-state index in [0.717, 1.165) is 11.6 Å². The van der Waals surface area contributed by atoms with Gasteiger partial charge in [-0.1, -0.05) is 30.3 Å². The maximum atomic E-state index is 11.5. The van der Waals surface area contributed by atoms with Gasteiger partial charge in [-0.15, -0.1) is 0 Å². The summed E-state index contributed by atoms with van der Waals surface area (Å²) in [6.45, 7) is 1.59. The highest BCUT2D eigenvalue weighted by molar-refractivity contribution is 5.99. The molecule has 4 heteroatoms. The Morgan fingerprint density at radius 1 is 1.16 bits per heavy atom. The van der Waals surface area contributed by atoms with E-state index in [4.69, 9.17) is 4.74 Å². The van der Waals surface area contributed by atoms with Crippen LogP contribution in [0.25, 0.3) is 0 Å². The minimum absolute atomic E-state index is 0.0775. The van der Waals surface area contributed by atoms with E-state index >= 15 is 0 Å². The van der Waals surface area contributed by atoms with E-state index in [0.29, 0.717) is 0 Å². The van der Waals surface area contributed by atoms with Crippen LogP contribution < -0.4 is 4.74 Å². The number of carbonyl (C=O) groups excluding carboxylic acids is 1. The summed E-state index contributed by atoms with van der Waals surface area (Å²) in [5.41, 5.74) is 1.01. The number of hydrogen-bond donors (Lipinski definition) is 2. The third-order valence-electron chi connectivity index (χ3n) is 2.66. The first-order valence-electron chi connectivity index (χ1n) is 5.81. The molecule has 0 aliphatic heterocycles. The molecule has 2 N–H and O–H groups in total. The second kappa shape index (κ2) is 5.44. The fraction of sp³-hybridized carbons (Fsp3) is 0.133. The fourth-order valence-electron chi connectivity index (χ4n) is 1.79. The quantitative estimate of drug-likeness (QED) is 0.827. The summed E-state index contributed by atoms with van der Waals surface area (Å²) < 4.78 is 5.51. The molecule has 0 spiro atoms. The molecule has 0 unspecified atom stereocenters. The van der Waals surface area contributed by atoms with Crippen molar-refractivity contribution in [1.82, 2.24) is 0 Å². The van der Waals surface area contributed by atoms with Crippen molar-refractivity contribution in [2.75, 3.05) is 0 Å². The van der Waals surface area contributed by atoms with Crippen LogP contribution in [0.2, 0.25) is 0 Å². The van der Waals surface area contributed by atoms with Gasteiger partial charge in [0, 0.05) is 12.1 Å². The molecule has 0 fully saturated rings. The highest BCUT2D eigenvalue weighted by Crippen LogP contribution is 2.33. The number of carbonyl (C=O) groups is 1. The minimum Gasteiger partial charge on any atom is -0.508 e. The summed E-state index contributed by atoms with van der Waals surface area (Å²) in [5.74, 6) is -0.574. The lowest BCUT2D eigenvalue weighted by Crippen LogP contribution is -2.02. The number of rotatable bonds is 4. The van der Waals surface area contributed by atoms with Gasteiger partial charge < -0.3 is 14.9 Å². The summed E-state index contributed by atoms with van der Waals surface area (Å²) in [6, 6.07) is 11.9. The molecule has 98 valence electrons. The molecule has 0 aliphatic rings. The van der Waals surface area contributed by atoms with Gasteiger partial charge in [0.1, 0.15) is 29.4 Å². The molecule has 0 saturated carbocycles. The van der Waals surface area contributed by atoms with Crippen LogP contribution in [0, 0.1) is 0 Å². The van der Waals surface area contributed by atoms with Gasteiger partial charge in [-0.3, -0.25) is 4.79 Å². The molecule has 0 amide bonds. The number of hydrogen-bond acceptors (Lipinski definition) is 4. The first-order chi connectivity index (χ1) is 9.08. The van der Waals surface area contributed by atoms with E-state index in [9.17, 15) is 15.0 Å². The van der Waals surface area contributed by atoms with Crippen LogP contribution in [0.1, 0.15) is 22.8 Å². The number of phenols is 2. The van der Waals surface area contributed by atoms with E-state index in [1.807, 2.05) is 30.3 Å². The van der Waals surface area contributed by atoms with Crippen LogP contribution in [0.4, 0.5) is 0 Å². The van der Waals surface area contributed by atoms with E-state index in [2.05, 4.69) is 0 Å². The van der Waals surface area contributed by atoms with Crippen LogP contribution in [-0.2, 0) is 6.61 Å².